The Morgan fingerprint density at radius 1 is 1.17 bits per heavy atom. The zero-order chi connectivity index (χ0) is 16.4. The Morgan fingerprint density at radius 3 is 2.65 bits per heavy atom. The largest absolute Gasteiger partial charge is 0.368 e. The van der Waals surface area contributed by atoms with Crippen LogP contribution in [0.25, 0.3) is 10.9 Å². The first kappa shape index (κ1) is 16.7. The number of nitrogens with zero attached hydrogens (tertiary/aromatic N) is 3. The number of hydrogen-bond donors (Lipinski definition) is 1. The van der Waals surface area contributed by atoms with E-state index in [0.29, 0.717) is 34.8 Å². The third-order valence-corrected chi connectivity index (χ3v) is 6.02. The average molecular weight is 375 g/mol. The molecule has 1 aliphatic rings. The van der Waals surface area contributed by atoms with Gasteiger partial charge in [0.15, 0.2) is 0 Å². The van der Waals surface area contributed by atoms with Gasteiger partial charge in [-0.2, -0.15) is 0 Å². The van der Waals surface area contributed by atoms with Gasteiger partial charge in [0.2, 0.25) is 15.3 Å². The van der Waals surface area contributed by atoms with Gasteiger partial charge in [-0.3, -0.25) is 0 Å². The Labute approximate surface area is 144 Å². The van der Waals surface area contributed by atoms with Crippen LogP contribution in [0.2, 0.25) is 10.3 Å². The number of benzene rings is 1. The molecule has 9 heteroatoms. The van der Waals surface area contributed by atoms with Crippen LogP contribution in [0.5, 0.6) is 0 Å². The summed E-state index contributed by atoms with van der Waals surface area (Å²) in [4.78, 5) is 8.26. The second-order valence-corrected chi connectivity index (χ2v) is 8.21. The van der Waals surface area contributed by atoms with Crippen molar-refractivity contribution < 1.29 is 8.42 Å². The fraction of sp³-hybridized carbons (Fsp3) is 0.429. The molecule has 0 atom stereocenters. The van der Waals surface area contributed by atoms with Crippen molar-refractivity contribution in [2.45, 2.75) is 12.8 Å². The van der Waals surface area contributed by atoms with Gasteiger partial charge in [-0.25, -0.2) is 22.7 Å². The first-order valence-corrected chi connectivity index (χ1v) is 9.67. The predicted octanol–water partition coefficient (Wildman–Crippen LogP) is 2.77. The highest BCUT2D eigenvalue weighted by atomic mass is 35.5. The van der Waals surface area contributed by atoms with E-state index >= 15 is 0 Å². The van der Waals surface area contributed by atoms with E-state index in [1.807, 2.05) is 0 Å². The van der Waals surface area contributed by atoms with Crippen molar-refractivity contribution in [3.8, 4) is 0 Å². The third kappa shape index (κ3) is 3.85. The predicted molar refractivity (Wildman–Crippen MR) is 92.6 cm³/mol. The van der Waals surface area contributed by atoms with E-state index in [0.717, 1.165) is 12.8 Å². The van der Waals surface area contributed by atoms with E-state index < -0.39 is 10.0 Å². The van der Waals surface area contributed by atoms with Gasteiger partial charge in [0.1, 0.15) is 5.82 Å². The lowest BCUT2D eigenvalue weighted by molar-refractivity contribution is 0.478. The number of hydrogen-bond acceptors (Lipinski definition) is 5. The van der Waals surface area contributed by atoms with Crippen molar-refractivity contribution in [3.05, 3.63) is 28.5 Å². The standard InChI is InChI=1S/C14H16Cl2N4O2S/c15-10-3-4-12-11(9-10)13(19-14(16)18-12)17-5-8-23(21,22)20-6-1-2-7-20/h3-4,9H,1-2,5-8H2,(H,17,18,19). The maximum Gasteiger partial charge on any atom is 0.224 e. The molecule has 0 saturated carbocycles. The van der Waals surface area contributed by atoms with Crippen LogP contribution in [0, 0.1) is 0 Å². The summed E-state index contributed by atoms with van der Waals surface area (Å²) in [5, 5.41) is 4.40. The molecule has 0 unspecified atom stereocenters. The van der Waals surface area contributed by atoms with E-state index in [1.165, 1.54) is 4.31 Å². The number of fused-ring (bicyclic) bond motifs is 1. The van der Waals surface area contributed by atoms with Crippen LogP contribution in [-0.4, -0.2) is 48.1 Å². The van der Waals surface area contributed by atoms with Crippen molar-refractivity contribution in [1.29, 1.82) is 0 Å². The fourth-order valence-corrected chi connectivity index (χ4v) is 4.38. The summed E-state index contributed by atoms with van der Waals surface area (Å²) in [7, 11) is -3.23. The molecule has 3 rings (SSSR count). The van der Waals surface area contributed by atoms with Crippen molar-refractivity contribution in [3.63, 3.8) is 0 Å². The highest BCUT2D eigenvalue weighted by Crippen LogP contribution is 2.25. The summed E-state index contributed by atoms with van der Waals surface area (Å²) in [5.41, 5.74) is 0.652. The molecule has 1 aromatic heterocycles. The normalized spacial score (nSPS) is 16.1. The van der Waals surface area contributed by atoms with Crippen molar-refractivity contribution >= 4 is 49.9 Å². The number of halogens is 2. The van der Waals surface area contributed by atoms with E-state index in [-0.39, 0.29) is 17.6 Å². The average Bonchev–Trinajstić information content (AvgIpc) is 3.03. The van der Waals surface area contributed by atoms with Crippen molar-refractivity contribution in [2.24, 2.45) is 0 Å². The lowest BCUT2D eigenvalue weighted by atomic mass is 10.2. The van der Waals surface area contributed by atoms with Gasteiger partial charge in [0.25, 0.3) is 0 Å². The van der Waals surface area contributed by atoms with E-state index in [4.69, 9.17) is 23.2 Å². The van der Waals surface area contributed by atoms with Crippen LogP contribution < -0.4 is 5.32 Å². The molecular formula is C14H16Cl2N4O2S. The second kappa shape index (κ2) is 6.76. The van der Waals surface area contributed by atoms with E-state index in [1.54, 1.807) is 18.2 Å². The third-order valence-electron chi connectivity index (χ3n) is 3.74. The molecule has 1 N–H and O–H groups in total. The Kier molecular flexibility index (Phi) is 4.91. The second-order valence-electron chi connectivity index (χ2n) is 5.35. The summed E-state index contributed by atoms with van der Waals surface area (Å²) >= 11 is 11.9. The van der Waals surface area contributed by atoms with Gasteiger partial charge in [-0.1, -0.05) is 11.6 Å². The van der Waals surface area contributed by atoms with Crippen LogP contribution in [0.15, 0.2) is 18.2 Å². The maximum atomic E-state index is 12.2. The number of anilines is 1. The van der Waals surface area contributed by atoms with E-state index in [2.05, 4.69) is 15.3 Å². The smallest absolute Gasteiger partial charge is 0.224 e. The summed E-state index contributed by atoms with van der Waals surface area (Å²) in [6.07, 6.45) is 1.86. The van der Waals surface area contributed by atoms with Crippen LogP contribution in [0.4, 0.5) is 5.82 Å². The summed E-state index contributed by atoms with van der Waals surface area (Å²) in [6, 6.07) is 5.19. The molecule has 1 fully saturated rings. The van der Waals surface area contributed by atoms with Gasteiger partial charge < -0.3 is 5.32 Å². The quantitative estimate of drug-likeness (QED) is 0.814. The van der Waals surface area contributed by atoms with Crippen molar-refractivity contribution in [1.82, 2.24) is 14.3 Å². The Balaban J connectivity index is 1.75. The number of nitrogens with one attached hydrogen (secondary N) is 1. The van der Waals surface area contributed by atoms with Gasteiger partial charge >= 0.3 is 0 Å². The lowest BCUT2D eigenvalue weighted by Crippen LogP contribution is -2.32. The highest BCUT2D eigenvalue weighted by molar-refractivity contribution is 7.89. The molecular weight excluding hydrogens is 359 g/mol. The zero-order valence-electron chi connectivity index (χ0n) is 12.3. The molecule has 2 heterocycles. The van der Waals surface area contributed by atoms with Crippen molar-refractivity contribution in [2.75, 3.05) is 30.7 Å². The first-order valence-electron chi connectivity index (χ1n) is 7.30. The minimum atomic E-state index is -3.23. The van der Waals surface area contributed by atoms with Gasteiger partial charge in [-0.15, -0.1) is 0 Å². The van der Waals surface area contributed by atoms with Crippen LogP contribution in [0.1, 0.15) is 12.8 Å². The van der Waals surface area contributed by atoms with Crippen LogP contribution >= 0.6 is 23.2 Å². The number of sulfonamides is 1. The summed E-state index contributed by atoms with van der Waals surface area (Å²) in [5.74, 6) is 0.496. The Morgan fingerprint density at radius 2 is 1.91 bits per heavy atom. The molecule has 0 amide bonds. The van der Waals surface area contributed by atoms with Gasteiger partial charge in [-0.05, 0) is 42.6 Å². The molecule has 1 saturated heterocycles. The minimum absolute atomic E-state index is 0.0106. The molecule has 2 aromatic rings. The first-order chi connectivity index (χ1) is 11.0. The fourth-order valence-electron chi connectivity index (χ4n) is 2.60. The molecule has 0 aliphatic carbocycles. The molecule has 124 valence electrons. The molecule has 0 radical (unpaired) electrons. The monoisotopic (exact) mass is 374 g/mol. The van der Waals surface area contributed by atoms with E-state index in [9.17, 15) is 8.42 Å². The highest BCUT2D eigenvalue weighted by Gasteiger charge is 2.24. The number of aromatic nitrogens is 2. The molecule has 1 aromatic carbocycles. The molecule has 0 bridgehead atoms. The van der Waals surface area contributed by atoms with Gasteiger partial charge in [0, 0.05) is 30.0 Å². The van der Waals surface area contributed by atoms with Crippen LogP contribution in [-0.2, 0) is 10.0 Å². The summed E-state index contributed by atoms with van der Waals surface area (Å²) < 4.78 is 26.0. The van der Waals surface area contributed by atoms with Gasteiger partial charge in [0.05, 0.1) is 11.3 Å². The minimum Gasteiger partial charge on any atom is -0.368 e. The topological polar surface area (TPSA) is 75.2 Å². The molecule has 1 aliphatic heterocycles. The Hall–Kier alpha value is -1.15. The zero-order valence-corrected chi connectivity index (χ0v) is 14.6. The molecule has 23 heavy (non-hydrogen) atoms. The Bertz CT molecular complexity index is 823. The lowest BCUT2D eigenvalue weighted by Gasteiger charge is -2.16. The maximum absolute atomic E-state index is 12.2. The van der Waals surface area contributed by atoms with Crippen LogP contribution in [0.3, 0.4) is 0 Å². The molecule has 6 nitrogen and oxygen atoms in total. The number of rotatable bonds is 5. The molecule has 0 spiro atoms. The summed E-state index contributed by atoms with van der Waals surface area (Å²) in [6.45, 7) is 1.47. The SMILES string of the molecule is O=S(=O)(CCNc1nc(Cl)nc2ccc(Cl)cc12)N1CCCC1.